The maximum atomic E-state index is 12.9. The van der Waals surface area contributed by atoms with Crippen molar-refractivity contribution < 1.29 is 23.9 Å². The van der Waals surface area contributed by atoms with Crippen LogP contribution in [0.25, 0.3) is 0 Å². The highest BCUT2D eigenvalue weighted by molar-refractivity contribution is 8.18. The number of rotatable bonds is 6. The molecule has 1 heterocycles. The Hall–Kier alpha value is -3.39. The molecule has 0 bridgehead atoms. The molecule has 1 saturated heterocycles. The molecule has 2 aromatic carbocycles. The Bertz CT molecular complexity index is 1040. The van der Waals surface area contributed by atoms with E-state index in [2.05, 4.69) is 9.73 Å². The number of ether oxygens (including phenoxy) is 2. The lowest BCUT2D eigenvalue weighted by Gasteiger charge is -2.16. The average molecular weight is 439 g/mol. The van der Waals surface area contributed by atoms with Crippen LogP contribution < -0.4 is 0 Å². The van der Waals surface area contributed by atoms with Crippen LogP contribution >= 0.6 is 11.8 Å². The largest absolute Gasteiger partial charge is 0.466 e. The number of methoxy groups -OCH3 is 1. The summed E-state index contributed by atoms with van der Waals surface area (Å²) in [5.41, 5.74) is 3.04. The Morgan fingerprint density at radius 1 is 1.10 bits per heavy atom. The van der Waals surface area contributed by atoms with Crippen LogP contribution in [0.3, 0.4) is 0 Å². The van der Waals surface area contributed by atoms with E-state index in [0.717, 1.165) is 22.9 Å². The summed E-state index contributed by atoms with van der Waals surface area (Å²) in [7, 11) is 1.26. The van der Waals surface area contributed by atoms with Crippen LogP contribution in [0.5, 0.6) is 0 Å². The minimum absolute atomic E-state index is 0.237. The molecule has 7 nitrogen and oxygen atoms in total. The number of nitrogens with zero attached hydrogens (tertiary/aromatic N) is 2. The maximum absolute atomic E-state index is 12.9. The van der Waals surface area contributed by atoms with E-state index in [1.54, 1.807) is 31.2 Å². The lowest BCUT2D eigenvalue weighted by molar-refractivity contribution is -0.135. The highest BCUT2D eigenvalue weighted by atomic mass is 32.2. The molecule has 0 saturated carbocycles. The second-order valence-corrected chi connectivity index (χ2v) is 7.68. The molecule has 31 heavy (non-hydrogen) atoms. The standard InChI is InChI=1S/C23H22N2O5S/c1-4-30-22(28)17-9-11-18(12-10-17)24-23-25(14-16-7-5-15(2)6-8-16)21(27)19(31-23)13-20(26)29-3/h5-13H,4,14H2,1-3H3/b19-13-,24-23?. The van der Waals surface area contributed by atoms with Gasteiger partial charge in [-0.25, -0.2) is 14.6 Å². The summed E-state index contributed by atoms with van der Waals surface area (Å²) in [6.07, 6.45) is 1.17. The van der Waals surface area contributed by atoms with Crippen LogP contribution in [0.2, 0.25) is 0 Å². The van der Waals surface area contributed by atoms with Gasteiger partial charge in [0.2, 0.25) is 0 Å². The average Bonchev–Trinajstić information content (AvgIpc) is 3.04. The molecule has 2 aromatic rings. The predicted octanol–water partition coefficient (Wildman–Crippen LogP) is 3.99. The van der Waals surface area contributed by atoms with Gasteiger partial charge in [0.25, 0.3) is 5.91 Å². The van der Waals surface area contributed by atoms with E-state index in [0.29, 0.717) is 29.6 Å². The Kier molecular flexibility index (Phi) is 7.25. The van der Waals surface area contributed by atoms with Gasteiger partial charge in [-0.1, -0.05) is 29.8 Å². The van der Waals surface area contributed by atoms with Crippen molar-refractivity contribution in [1.82, 2.24) is 4.90 Å². The Labute approximate surface area is 184 Å². The molecule has 8 heteroatoms. The SMILES string of the molecule is CCOC(=O)c1ccc(N=C2S/C(=C\C(=O)OC)C(=O)N2Cc2ccc(C)cc2)cc1. The molecule has 1 fully saturated rings. The molecule has 1 aliphatic rings. The lowest BCUT2D eigenvalue weighted by Crippen LogP contribution is -2.28. The minimum Gasteiger partial charge on any atom is -0.466 e. The molecule has 1 amide bonds. The number of amides is 1. The fourth-order valence-electron chi connectivity index (χ4n) is 2.77. The van der Waals surface area contributed by atoms with Gasteiger partial charge < -0.3 is 9.47 Å². The number of esters is 2. The van der Waals surface area contributed by atoms with Gasteiger partial charge in [0.15, 0.2) is 5.17 Å². The second kappa shape index (κ2) is 10.1. The van der Waals surface area contributed by atoms with Gasteiger partial charge in [-0.2, -0.15) is 0 Å². The molecule has 0 aromatic heterocycles. The summed E-state index contributed by atoms with van der Waals surface area (Å²) in [5, 5.41) is 0.435. The van der Waals surface area contributed by atoms with Crippen molar-refractivity contribution in [3.8, 4) is 0 Å². The van der Waals surface area contributed by atoms with Crippen molar-refractivity contribution in [2.45, 2.75) is 20.4 Å². The summed E-state index contributed by atoms with van der Waals surface area (Å²) in [6.45, 7) is 4.34. The first kappa shape index (κ1) is 22.3. The fraction of sp³-hybridized carbons (Fsp3) is 0.217. The predicted molar refractivity (Wildman–Crippen MR) is 119 cm³/mol. The molecule has 0 unspecified atom stereocenters. The third-order valence-electron chi connectivity index (χ3n) is 4.40. The zero-order valence-corrected chi connectivity index (χ0v) is 18.3. The van der Waals surface area contributed by atoms with Crippen LogP contribution in [0, 0.1) is 6.92 Å². The van der Waals surface area contributed by atoms with Gasteiger partial charge in [0.05, 0.1) is 36.4 Å². The Morgan fingerprint density at radius 3 is 2.39 bits per heavy atom. The first-order valence-electron chi connectivity index (χ1n) is 9.62. The summed E-state index contributed by atoms with van der Waals surface area (Å²) in [5.74, 6) is -1.33. The maximum Gasteiger partial charge on any atom is 0.338 e. The molecule has 0 radical (unpaired) electrons. The normalized spacial score (nSPS) is 16.1. The van der Waals surface area contributed by atoms with E-state index in [9.17, 15) is 14.4 Å². The van der Waals surface area contributed by atoms with Crippen molar-refractivity contribution >= 4 is 40.5 Å². The molecule has 0 atom stereocenters. The van der Waals surface area contributed by atoms with E-state index in [4.69, 9.17) is 4.74 Å². The zero-order chi connectivity index (χ0) is 22.4. The van der Waals surface area contributed by atoms with E-state index in [-0.39, 0.29) is 10.8 Å². The van der Waals surface area contributed by atoms with E-state index >= 15 is 0 Å². The smallest absolute Gasteiger partial charge is 0.338 e. The van der Waals surface area contributed by atoms with Crippen LogP contribution in [-0.4, -0.2) is 41.6 Å². The number of hydrogen-bond donors (Lipinski definition) is 0. The lowest BCUT2D eigenvalue weighted by atomic mass is 10.1. The third kappa shape index (κ3) is 5.61. The van der Waals surface area contributed by atoms with E-state index < -0.39 is 11.9 Å². The Balaban J connectivity index is 1.91. The van der Waals surface area contributed by atoms with Crippen LogP contribution in [-0.2, 0) is 25.6 Å². The number of hydrogen-bond acceptors (Lipinski definition) is 7. The first-order valence-corrected chi connectivity index (χ1v) is 10.4. The van der Waals surface area contributed by atoms with Gasteiger partial charge in [-0.05, 0) is 55.4 Å². The molecule has 1 aliphatic heterocycles. The number of carbonyl (C=O) groups excluding carboxylic acids is 3. The Morgan fingerprint density at radius 2 is 1.77 bits per heavy atom. The molecule has 0 spiro atoms. The summed E-state index contributed by atoms with van der Waals surface area (Å²) >= 11 is 1.10. The van der Waals surface area contributed by atoms with Gasteiger partial charge in [-0.3, -0.25) is 9.69 Å². The summed E-state index contributed by atoms with van der Waals surface area (Å²) in [6, 6.07) is 14.4. The van der Waals surface area contributed by atoms with Crippen molar-refractivity contribution in [3.05, 3.63) is 76.2 Å². The van der Waals surface area contributed by atoms with Crippen LogP contribution in [0.4, 0.5) is 5.69 Å². The molecule has 0 N–H and O–H groups in total. The molecule has 160 valence electrons. The monoisotopic (exact) mass is 438 g/mol. The van der Waals surface area contributed by atoms with Crippen molar-refractivity contribution in [3.63, 3.8) is 0 Å². The van der Waals surface area contributed by atoms with Gasteiger partial charge in [-0.15, -0.1) is 0 Å². The van der Waals surface area contributed by atoms with Crippen molar-refractivity contribution in [1.29, 1.82) is 0 Å². The molecular weight excluding hydrogens is 416 g/mol. The number of aliphatic imine (C=N–C) groups is 1. The molecule has 3 rings (SSSR count). The van der Waals surface area contributed by atoms with E-state index in [1.165, 1.54) is 18.1 Å². The number of carbonyl (C=O) groups is 3. The number of benzene rings is 2. The number of thioether (sulfide) groups is 1. The van der Waals surface area contributed by atoms with Crippen LogP contribution in [0.1, 0.15) is 28.4 Å². The van der Waals surface area contributed by atoms with Crippen molar-refractivity contribution in [2.24, 2.45) is 4.99 Å². The topological polar surface area (TPSA) is 85.3 Å². The minimum atomic E-state index is -0.605. The van der Waals surface area contributed by atoms with Crippen molar-refractivity contribution in [2.75, 3.05) is 13.7 Å². The van der Waals surface area contributed by atoms with Gasteiger partial charge in [0, 0.05) is 6.08 Å². The quantitative estimate of drug-likeness (QED) is 0.501. The summed E-state index contributed by atoms with van der Waals surface area (Å²) in [4.78, 5) is 42.8. The first-order chi connectivity index (χ1) is 14.9. The highest BCUT2D eigenvalue weighted by Gasteiger charge is 2.34. The third-order valence-corrected chi connectivity index (χ3v) is 5.41. The zero-order valence-electron chi connectivity index (χ0n) is 17.5. The highest BCUT2D eigenvalue weighted by Crippen LogP contribution is 2.34. The van der Waals surface area contributed by atoms with E-state index in [1.807, 2.05) is 31.2 Å². The fourth-order valence-corrected chi connectivity index (χ4v) is 3.73. The number of amidine groups is 1. The van der Waals surface area contributed by atoms with Gasteiger partial charge in [0.1, 0.15) is 0 Å². The molecule has 0 aliphatic carbocycles. The molecular formula is C23H22N2O5S. The summed E-state index contributed by atoms with van der Waals surface area (Å²) < 4.78 is 9.64. The van der Waals surface area contributed by atoms with Gasteiger partial charge >= 0.3 is 11.9 Å². The number of aryl methyl sites for hydroxylation is 1. The second-order valence-electron chi connectivity index (χ2n) is 6.67. The van der Waals surface area contributed by atoms with Crippen LogP contribution in [0.15, 0.2) is 64.5 Å².